The predicted octanol–water partition coefficient (Wildman–Crippen LogP) is 4.07. The molecule has 0 saturated carbocycles. The summed E-state index contributed by atoms with van der Waals surface area (Å²) in [6, 6.07) is 10.9. The molecule has 1 amide bonds. The molecule has 27 heavy (non-hydrogen) atoms. The molecule has 3 N–H and O–H groups in total. The SMILES string of the molecule is CCNC(=NCCCC(=O)Nc1ccc(Cl)cc1)NCCc1ccco1.I. The molecular formula is C19H26ClIN4O2. The molecule has 0 radical (unpaired) electrons. The lowest BCUT2D eigenvalue weighted by molar-refractivity contribution is -0.116. The van der Waals surface area contributed by atoms with Crippen LogP contribution in [0, 0.1) is 0 Å². The Morgan fingerprint density at radius 2 is 1.96 bits per heavy atom. The molecule has 0 bridgehead atoms. The zero-order valence-corrected chi connectivity index (χ0v) is 18.4. The molecule has 1 aromatic heterocycles. The van der Waals surface area contributed by atoms with Gasteiger partial charge in [0.1, 0.15) is 5.76 Å². The van der Waals surface area contributed by atoms with Crippen molar-refractivity contribution < 1.29 is 9.21 Å². The second-order valence-corrected chi connectivity index (χ2v) is 6.11. The molecule has 0 fully saturated rings. The number of benzene rings is 1. The van der Waals surface area contributed by atoms with Crippen molar-refractivity contribution in [2.24, 2.45) is 4.99 Å². The Morgan fingerprint density at radius 1 is 1.19 bits per heavy atom. The minimum Gasteiger partial charge on any atom is -0.469 e. The number of halogens is 2. The number of rotatable bonds is 9. The molecule has 0 aliphatic carbocycles. The third-order valence-electron chi connectivity index (χ3n) is 3.55. The van der Waals surface area contributed by atoms with E-state index in [4.69, 9.17) is 16.0 Å². The molecule has 2 rings (SSSR count). The van der Waals surface area contributed by atoms with Gasteiger partial charge in [0.25, 0.3) is 0 Å². The topological polar surface area (TPSA) is 78.7 Å². The summed E-state index contributed by atoms with van der Waals surface area (Å²) in [7, 11) is 0. The van der Waals surface area contributed by atoms with Crippen LogP contribution in [-0.2, 0) is 11.2 Å². The number of guanidine groups is 1. The molecule has 148 valence electrons. The quantitative estimate of drug-likeness (QED) is 0.208. The normalized spacial score (nSPS) is 10.8. The number of nitrogens with one attached hydrogen (secondary N) is 3. The van der Waals surface area contributed by atoms with E-state index < -0.39 is 0 Å². The molecule has 8 heteroatoms. The Bertz CT molecular complexity index is 690. The largest absolute Gasteiger partial charge is 0.469 e. The maximum absolute atomic E-state index is 11.9. The summed E-state index contributed by atoms with van der Waals surface area (Å²) in [4.78, 5) is 16.4. The van der Waals surface area contributed by atoms with E-state index in [9.17, 15) is 4.79 Å². The molecule has 1 aromatic carbocycles. The van der Waals surface area contributed by atoms with E-state index in [2.05, 4.69) is 20.9 Å². The van der Waals surface area contributed by atoms with E-state index in [-0.39, 0.29) is 29.9 Å². The number of amides is 1. The Kier molecular flexibility index (Phi) is 11.6. The first-order valence-electron chi connectivity index (χ1n) is 8.77. The maximum atomic E-state index is 11.9. The fraction of sp³-hybridized carbons (Fsp3) is 0.368. The highest BCUT2D eigenvalue weighted by molar-refractivity contribution is 14.0. The highest BCUT2D eigenvalue weighted by Crippen LogP contribution is 2.13. The second-order valence-electron chi connectivity index (χ2n) is 5.68. The van der Waals surface area contributed by atoms with Gasteiger partial charge < -0.3 is 20.4 Å². The number of anilines is 1. The number of furan rings is 1. The van der Waals surface area contributed by atoms with E-state index in [0.29, 0.717) is 24.4 Å². The first kappa shape index (κ1) is 23.3. The van der Waals surface area contributed by atoms with Crippen molar-refractivity contribution in [3.05, 3.63) is 53.4 Å². The van der Waals surface area contributed by atoms with Gasteiger partial charge in [-0.1, -0.05) is 11.6 Å². The first-order chi connectivity index (χ1) is 12.7. The molecule has 0 saturated heterocycles. The van der Waals surface area contributed by atoms with Gasteiger partial charge in [0.15, 0.2) is 5.96 Å². The maximum Gasteiger partial charge on any atom is 0.224 e. The zero-order valence-electron chi connectivity index (χ0n) is 15.3. The van der Waals surface area contributed by atoms with Gasteiger partial charge in [-0.15, -0.1) is 24.0 Å². The summed E-state index contributed by atoms with van der Waals surface area (Å²) in [6.07, 6.45) is 3.55. The Hall–Kier alpha value is -1.74. The van der Waals surface area contributed by atoms with Crippen molar-refractivity contribution >= 4 is 53.1 Å². The summed E-state index contributed by atoms with van der Waals surface area (Å²) >= 11 is 5.83. The van der Waals surface area contributed by atoms with Gasteiger partial charge in [0, 0.05) is 43.2 Å². The van der Waals surface area contributed by atoms with Crippen LogP contribution in [0.1, 0.15) is 25.5 Å². The van der Waals surface area contributed by atoms with Crippen LogP contribution >= 0.6 is 35.6 Å². The van der Waals surface area contributed by atoms with Gasteiger partial charge in [-0.05, 0) is 49.7 Å². The van der Waals surface area contributed by atoms with Gasteiger partial charge >= 0.3 is 0 Å². The minimum atomic E-state index is -0.0294. The standard InChI is InChI=1S/C19H25ClN4O2.HI/c1-2-21-19(23-13-11-17-5-4-14-26-17)22-12-3-6-18(25)24-16-9-7-15(20)8-10-16;/h4-5,7-10,14H,2-3,6,11-13H2,1H3,(H,24,25)(H2,21,22,23);1H. The van der Waals surface area contributed by atoms with E-state index in [1.807, 2.05) is 19.1 Å². The summed E-state index contributed by atoms with van der Waals surface area (Å²) in [5.41, 5.74) is 0.746. The van der Waals surface area contributed by atoms with Crippen LogP contribution in [0.3, 0.4) is 0 Å². The second kappa shape index (κ2) is 13.4. The van der Waals surface area contributed by atoms with Crippen LogP contribution in [0.2, 0.25) is 5.02 Å². The third kappa shape index (κ3) is 9.67. The summed E-state index contributed by atoms with van der Waals surface area (Å²) < 4.78 is 5.30. The number of hydrogen-bond acceptors (Lipinski definition) is 3. The fourth-order valence-corrected chi connectivity index (χ4v) is 2.41. The van der Waals surface area contributed by atoms with Gasteiger partial charge in [0.2, 0.25) is 5.91 Å². The van der Waals surface area contributed by atoms with E-state index in [0.717, 1.165) is 36.9 Å². The number of carbonyl (C=O) groups is 1. The van der Waals surface area contributed by atoms with Gasteiger partial charge in [0.05, 0.1) is 6.26 Å². The number of carbonyl (C=O) groups excluding carboxylic acids is 1. The molecule has 0 atom stereocenters. The zero-order chi connectivity index (χ0) is 18.6. The fourth-order valence-electron chi connectivity index (χ4n) is 2.29. The molecule has 2 aromatic rings. The van der Waals surface area contributed by atoms with Crippen molar-refractivity contribution in [2.75, 3.05) is 25.0 Å². The Balaban J connectivity index is 0.00000364. The molecule has 0 spiro atoms. The molecule has 1 heterocycles. The van der Waals surface area contributed by atoms with Crippen LogP contribution in [0.5, 0.6) is 0 Å². The minimum absolute atomic E-state index is 0. The van der Waals surface area contributed by atoms with E-state index >= 15 is 0 Å². The molecule has 6 nitrogen and oxygen atoms in total. The Morgan fingerprint density at radius 3 is 2.63 bits per heavy atom. The molecular weight excluding hydrogens is 479 g/mol. The van der Waals surface area contributed by atoms with Crippen LogP contribution in [0.4, 0.5) is 5.69 Å². The van der Waals surface area contributed by atoms with Gasteiger partial charge in [-0.25, -0.2) is 0 Å². The van der Waals surface area contributed by atoms with Crippen LogP contribution < -0.4 is 16.0 Å². The summed E-state index contributed by atoms with van der Waals surface area (Å²) in [6.45, 7) is 4.10. The number of hydrogen-bond donors (Lipinski definition) is 3. The third-order valence-corrected chi connectivity index (χ3v) is 3.80. The lowest BCUT2D eigenvalue weighted by Gasteiger charge is -2.10. The monoisotopic (exact) mass is 504 g/mol. The highest BCUT2D eigenvalue weighted by atomic mass is 127. The van der Waals surface area contributed by atoms with Crippen LogP contribution in [0.15, 0.2) is 52.1 Å². The van der Waals surface area contributed by atoms with Crippen LogP contribution in [0.25, 0.3) is 0 Å². The predicted molar refractivity (Wildman–Crippen MR) is 121 cm³/mol. The van der Waals surface area contributed by atoms with E-state index in [1.54, 1.807) is 30.5 Å². The lowest BCUT2D eigenvalue weighted by atomic mass is 10.2. The van der Waals surface area contributed by atoms with Crippen molar-refractivity contribution in [1.82, 2.24) is 10.6 Å². The summed E-state index contributed by atoms with van der Waals surface area (Å²) in [5, 5.41) is 9.94. The lowest BCUT2D eigenvalue weighted by Crippen LogP contribution is -2.38. The molecule has 0 aliphatic heterocycles. The Labute approximate surface area is 182 Å². The molecule has 0 aliphatic rings. The average molecular weight is 505 g/mol. The van der Waals surface area contributed by atoms with Crippen molar-refractivity contribution in [3.63, 3.8) is 0 Å². The highest BCUT2D eigenvalue weighted by Gasteiger charge is 2.03. The van der Waals surface area contributed by atoms with Crippen LogP contribution in [-0.4, -0.2) is 31.5 Å². The van der Waals surface area contributed by atoms with E-state index in [1.165, 1.54) is 0 Å². The average Bonchev–Trinajstić information content (AvgIpc) is 3.14. The van der Waals surface area contributed by atoms with Gasteiger partial charge in [-0.3, -0.25) is 9.79 Å². The number of aliphatic imine (C=N–C) groups is 1. The van der Waals surface area contributed by atoms with Crippen molar-refractivity contribution in [2.45, 2.75) is 26.2 Å². The number of nitrogens with zero attached hydrogens (tertiary/aromatic N) is 1. The smallest absolute Gasteiger partial charge is 0.224 e. The summed E-state index contributed by atoms with van der Waals surface area (Å²) in [5.74, 6) is 1.66. The van der Waals surface area contributed by atoms with Crippen molar-refractivity contribution in [1.29, 1.82) is 0 Å². The first-order valence-corrected chi connectivity index (χ1v) is 9.15. The molecule has 0 unspecified atom stereocenters. The van der Waals surface area contributed by atoms with Gasteiger partial charge in [-0.2, -0.15) is 0 Å². The van der Waals surface area contributed by atoms with Crippen molar-refractivity contribution in [3.8, 4) is 0 Å².